The van der Waals surface area contributed by atoms with Crippen LogP contribution in [-0.2, 0) is 6.42 Å². The van der Waals surface area contributed by atoms with E-state index in [0.717, 1.165) is 23.3 Å². The van der Waals surface area contributed by atoms with E-state index in [4.69, 9.17) is 10.5 Å². The third-order valence-electron chi connectivity index (χ3n) is 2.90. The van der Waals surface area contributed by atoms with Crippen molar-refractivity contribution in [2.75, 3.05) is 7.11 Å². The molecule has 2 nitrogen and oxygen atoms in total. The molecule has 17 heavy (non-hydrogen) atoms. The van der Waals surface area contributed by atoms with Gasteiger partial charge in [-0.15, -0.1) is 0 Å². The first-order valence-electron chi connectivity index (χ1n) is 5.62. The van der Waals surface area contributed by atoms with Crippen molar-refractivity contribution in [3.8, 4) is 5.75 Å². The number of rotatable bonds is 4. The van der Waals surface area contributed by atoms with Gasteiger partial charge in [-0.05, 0) is 52.9 Å². The van der Waals surface area contributed by atoms with Gasteiger partial charge in [-0.1, -0.05) is 12.1 Å². The molecule has 1 heterocycles. The Morgan fingerprint density at radius 2 is 2.18 bits per heavy atom. The molecule has 0 aliphatic rings. The van der Waals surface area contributed by atoms with Gasteiger partial charge in [0.1, 0.15) is 5.75 Å². The minimum absolute atomic E-state index is 0.0269. The topological polar surface area (TPSA) is 35.2 Å². The van der Waals surface area contributed by atoms with Crippen molar-refractivity contribution in [1.82, 2.24) is 0 Å². The zero-order valence-corrected chi connectivity index (χ0v) is 11.0. The summed E-state index contributed by atoms with van der Waals surface area (Å²) in [4.78, 5) is 0. The summed E-state index contributed by atoms with van der Waals surface area (Å²) < 4.78 is 5.32. The molecule has 0 aliphatic carbocycles. The van der Waals surface area contributed by atoms with Gasteiger partial charge in [0.05, 0.1) is 7.11 Å². The average molecular weight is 247 g/mol. The lowest BCUT2D eigenvalue weighted by Crippen LogP contribution is -2.13. The average Bonchev–Trinajstić information content (AvgIpc) is 2.82. The summed E-state index contributed by atoms with van der Waals surface area (Å²) in [6.07, 6.45) is 0.871. The Labute approximate surface area is 106 Å². The maximum Gasteiger partial charge on any atom is 0.122 e. The molecule has 0 saturated heterocycles. The van der Waals surface area contributed by atoms with Gasteiger partial charge in [0.2, 0.25) is 0 Å². The smallest absolute Gasteiger partial charge is 0.122 e. The van der Waals surface area contributed by atoms with E-state index in [0.29, 0.717) is 0 Å². The van der Waals surface area contributed by atoms with E-state index in [1.54, 1.807) is 18.4 Å². The van der Waals surface area contributed by atoms with Crippen molar-refractivity contribution in [1.29, 1.82) is 0 Å². The third kappa shape index (κ3) is 2.87. The number of benzene rings is 1. The van der Waals surface area contributed by atoms with Gasteiger partial charge in [-0.25, -0.2) is 0 Å². The van der Waals surface area contributed by atoms with Gasteiger partial charge >= 0.3 is 0 Å². The van der Waals surface area contributed by atoms with E-state index in [1.165, 1.54) is 5.56 Å². The molecule has 1 aromatic carbocycles. The van der Waals surface area contributed by atoms with Crippen LogP contribution in [0, 0.1) is 6.92 Å². The second kappa shape index (κ2) is 5.34. The fraction of sp³-hybridized carbons (Fsp3) is 0.286. The van der Waals surface area contributed by atoms with Crippen molar-refractivity contribution < 1.29 is 4.74 Å². The number of thiophene rings is 1. The van der Waals surface area contributed by atoms with Gasteiger partial charge in [0.15, 0.2) is 0 Å². The molecule has 0 bridgehead atoms. The molecule has 2 aromatic rings. The minimum atomic E-state index is 0.0269. The Bertz CT molecular complexity index is 479. The molecule has 2 N–H and O–H groups in total. The number of ether oxygens (including phenoxy) is 1. The summed E-state index contributed by atoms with van der Waals surface area (Å²) in [5.74, 6) is 0.906. The Kier molecular flexibility index (Phi) is 3.82. The molecule has 2 rings (SSSR count). The number of hydrogen-bond donors (Lipinski definition) is 1. The SMILES string of the molecule is COc1cc(C(N)Cc2ccsc2)ccc1C. The fourth-order valence-electron chi connectivity index (χ4n) is 1.85. The molecule has 0 radical (unpaired) electrons. The normalized spacial score (nSPS) is 12.4. The highest BCUT2D eigenvalue weighted by atomic mass is 32.1. The Hall–Kier alpha value is -1.32. The summed E-state index contributed by atoms with van der Waals surface area (Å²) in [7, 11) is 1.69. The lowest BCUT2D eigenvalue weighted by molar-refractivity contribution is 0.410. The first-order chi connectivity index (χ1) is 8.20. The van der Waals surface area contributed by atoms with Crippen LogP contribution in [0.1, 0.15) is 22.7 Å². The lowest BCUT2D eigenvalue weighted by atomic mass is 10.00. The van der Waals surface area contributed by atoms with Crippen LogP contribution in [0.25, 0.3) is 0 Å². The lowest BCUT2D eigenvalue weighted by Gasteiger charge is -2.13. The standard InChI is InChI=1S/C14H17NOS/c1-10-3-4-12(8-14(10)16-2)13(15)7-11-5-6-17-9-11/h3-6,8-9,13H,7,15H2,1-2H3. The zero-order chi connectivity index (χ0) is 12.3. The fourth-order valence-corrected chi connectivity index (χ4v) is 2.53. The molecule has 0 spiro atoms. The molecular formula is C14H17NOS. The first kappa shape index (κ1) is 12.1. The summed E-state index contributed by atoms with van der Waals surface area (Å²) in [5.41, 5.74) is 9.76. The highest BCUT2D eigenvalue weighted by molar-refractivity contribution is 7.07. The largest absolute Gasteiger partial charge is 0.496 e. The predicted octanol–water partition coefficient (Wildman–Crippen LogP) is 3.31. The van der Waals surface area contributed by atoms with Crippen LogP contribution in [0.4, 0.5) is 0 Å². The highest BCUT2D eigenvalue weighted by Gasteiger charge is 2.09. The van der Waals surface area contributed by atoms with Gasteiger partial charge in [0.25, 0.3) is 0 Å². The summed E-state index contributed by atoms with van der Waals surface area (Å²) in [5, 5.41) is 4.23. The number of hydrogen-bond acceptors (Lipinski definition) is 3. The maximum atomic E-state index is 6.21. The minimum Gasteiger partial charge on any atom is -0.496 e. The van der Waals surface area contributed by atoms with E-state index in [-0.39, 0.29) is 6.04 Å². The van der Waals surface area contributed by atoms with Crippen molar-refractivity contribution in [2.24, 2.45) is 5.73 Å². The van der Waals surface area contributed by atoms with Gasteiger partial charge in [0, 0.05) is 6.04 Å². The van der Waals surface area contributed by atoms with Crippen LogP contribution in [-0.4, -0.2) is 7.11 Å². The zero-order valence-electron chi connectivity index (χ0n) is 10.1. The van der Waals surface area contributed by atoms with E-state index in [9.17, 15) is 0 Å². The quantitative estimate of drug-likeness (QED) is 0.899. The Morgan fingerprint density at radius 3 is 2.82 bits per heavy atom. The second-order valence-electron chi connectivity index (χ2n) is 4.17. The molecule has 1 unspecified atom stereocenters. The monoisotopic (exact) mass is 247 g/mol. The highest BCUT2D eigenvalue weighted by Crippen LogP contribution is 2.24. The molecule has 1 atom stereocenters. The molecule has 0 amide bonds. The second-order valence-corrected chi connectivity index (χ2v) is 4.95. The molecule has 0 saturated carbocycles. The van der Waals surface area contributed by atoms with E-state index >= 15 is 0 Å². The Balaban J connectivity index is 2.16. The number of nitrogens with two attached hydrogens (primary N) is 1. The Morgan fingerprint density at radius 1 is 1.35 bits per heavy atom. The summed E-state index contributed by atoms with van der Waals surface area (Å²) in [6.45, 7) is 2.03. The molecule has 0 fully saturated rings. The molecular weight excluding hydrogens is 230 g/mol. The van der Waals surface area contributed by atoms with Crippen LogP contribution in [0.15, 0.2) is 35.0 Å². The number of methoxy groups -OCH3 is 1. The molecule has 3 heteroatoms. The van der Waals surface area contributed by atoms with Crippen LogP contribution in [0.5, 0.6) is 5.75 Å². The molecule has 90 valence electrons. The van der Waals surface area contributed by atoms with Crippen molar-refractivity contribution in [3.05, 3.63) is 51.7 Å². The maximum absolute atomic E-state index is 6.21. The van der Waals surface area contributed by atoms with Gasteiger partial charge < -0.3 is 10.5 Å². The van der Waals surface area contributed by atoms with Gasteiger partial charge in [-0.3, -0.25) is 0 Å². The third-order valence-corrected chi connectivity index (χ3v) is 3.63. The molecule has 1 aromatic heterocycles. The van der Waals surface area contributed by atoms with Crippen LogP contribution >= 0.6 is 11.3 Å². The van der Waals surface area contributed by atoms with Gasteiger partial charge in [-0.2, -0.15) is 11.3 Å². The number of aryl methyl sites for hydroxylation is 1. The van der Waals surface area contributed by atoms with E-state index in [1.807, 2.05) is 13.0 Å². The summed E-state index contributed by atoms with van der Waals surface area (Å²) in [6, 6.07) is 8.32. The van der Waals surface area contributed by atoms with E-state index < -0.39 is 0 Å². The van der Waals surface area contributed by atoms with Crippen molar-refractivity contribution in [3.63, 3.8) is 0 Å². The van der Waals surface area contributed by atoms with E-state index in [2.05, 4.69) is 29.0 Å². The molecule has 0 aliphatic heterocycles. The van der Waals surface area contributed by atoms with Crippen LogP contribution in [0.3, 0.4) is 0 Å². The van der Waals surface area contributed by atoms with Crippen molar-refractivity contribution >= 4 is 11.3 Å². The predicted molar refractivity (Wildman–Crippen MR) is 72.7 cm³/mol. The van der Waals surface area contributed by atoms with Crippen LogP contribution in [0.2, 0.25) is 0 Å². The summed E-state index contributed by atoms with van der Waals surface area (Å²) >= 11 is 1.71. The first-order valence-corrected chi connectivity index (χ1v) is 6.56. The van der Waals surface area contributed by atoms with Crippen LogP contribution < -0.4 is 10.5 Å². The van der Waals surface area contributed by atoms with Crippen molar-refractivity contribution in [2.45, 2.75) is 19.4 Å².